The number of halogens is 1. The minimum absolute atomic E-state index is 0.0991. The highest BCUT2D eigenvalue weighted by atomic mass is 35.5. The number of hydrogen-bond acceptors (Lipinski definition) is 5. The number of azo groups is 1. The fourth-order valence-electron chi connectivity index (χ4n) is 2.19. The summed E-state index contributed by atoms with van der Waals surface area (Å²) in [7, 11) is 3.83. The maximum absolute atomic E-state index is 10.1. The molecule has 2 aromatic carbocycles. The summed E-state index contributed by atoms with van der Waals surface area (Å²) >= 11 is 5.84. The van der Waals surface area contributed by atoms with E-state index in [2.05, 4.69) is 10.2 Å². The first-order valence-corrected chi connectivity index (χ1v) is 7.69. The molecule has 1 heterocycles. The van der Waals surface area contributed by atoms with Gasteiger partial charge in [-0.3, -0.25) is 0 Å². The SMILES string of the molecule is CC(=O)[O-].Cn1c2c(N=Nc3ccc(Cl)cc3)c(O)ccc2c[n+]1C. The molecule has 0 spiro atoms. The zero-order chi connectivity index (χ0) is 18.6. The van der Waals surface area contributed by atoms with Gasteiger partial charge in [-0.15, -0.1) is 9.80 Å². The van der Waals surface area contributed by atoms with Gasteiger partial charge in [0.2, 0.25) is 6.20 Å². The van der Waals surface area contributed by atoms with E-state index in [1.807, 2.05) is 35.7 Å². The Hall–Kier alpha value is -2.93. The minimum atomic E-state index is -1.08. The van der Waals surface area contributed by atoms with Gasteiger partial charge in [-0.1, -0.05) is 11.6 Å². The number of aryl methyl sites for hydroxylation is 2. The molecule has 0 radical (unpaired) electrons. The summed E-state index contributed by atoms with van der Waals surface area (Å²) < 4.78 is 3.83. The maximum Gasteiger partial charge on any atom is 0.203 e. The summed E-state index contributed by atoms with van der Waals surface area (Å²) in [5.41, 5.74) is 1.95. The van der Waals surface area contributed by atoms with Gasteiger partial charge in [0, 0.05) is 11.0 Å². The van der Waals surface area contributed by atoms with Crippen molar-refractivity contribution in [1.29, 1.82) is 0 Å². The second-order valence-electron chi connectivity index (χ2n) is 5.27. The zero-order valence-electron chi connectivity index (χ0n) is 14.0. The lowest BCUT2D eigenvalue weighted by molar-refractivity contribution is -0.748. The molecule has 0 saturated carbocycles. The van der Waals surface area contributed by atoms with Crippen LogP contribution >= 0.6 is 11.6 Å². The van der Waals surface area contributed by atoms with Crippen LogP contribution in [-0.2, 0) is 18.9 Å². The van der Waals surface area contributed by atoms with E-state index in [1.54, 1.807) is 30.3 Å². The van der Waals surface area contributed by atoms with E-state index in [9.17, 15) is 5.11 Å². The van der Waals surface area contributed by atoms with Crippen LogP contribution in [0.4, 0.5) is 11.4 Å². The smallest absolute Gasteiger partial charge is 0.203 e. The Balaban J connectivity index is 0.000000511. The lowest BCUT2D eigenvalue weighted by Crippen LogP contribution is -2.35. The van der Waals surface area contributed by atoms with Gasteiger partial charge in [0.25, 0.3) is 0 Å². The van der Waals surface area contributed by atoms with E-state index >= 15 is 0 Å². The van der Waals surface area contributed by atoms with E-state index in [0.29, 0.717) is 16.4 Å². The Morgan fingerprint density at radius 3 is 2.40 bits per heavy atom. The molecule has 3 aromatic rings. The Bertz CT molecular complexity index is 929. The molecule has 25 heavy (non-hydrogen) atoms. The van der Waals surface area contributed by atoms with Gasteiger partial charge in [-0.25, -0.2) is 0 Å². The van der Waals surface area contributed by atoms with E-state index in [-0.39, 0.29) is 5.75 Å². The van der Waals surface area contributed by atoms with Crippen LogP contribution in [0.3, 0.4) is 0 Å². The number of rotatable bonds is 2. The molecule has 8 heteroatoms. The highest BCUT2D eigenvalue weighted by molar-refractivity contribution is 6.30. The lowest BCUT2D eigenvalue weighted by Gasteiger charge is -2.00. The molecular weight excluding hydrogens is 344 g/mol. The number of aromatic nitrogens is 2. The van der Waals surface area contributed by atoms with Crippen molar-refractivity contribution in [1.82, 2.24) is 4.68 Å². The number of carbonyl (C=O) groups excluding carboxylic acids is 1. The maximum atomic E-state index is 10.1. The number of nitrogens with zero attached hydrogens (tertiary/aromatic N) is 4. The summed E-state index contributed by atoms with van der Waals surface area (Å²) in [5, 5.41) is 29.0. The number of carbonyl (C=O) groups is 1. The molecule has 0 unspecified atom stereocenters. The van der Waals surface area contributed by atoms with Crippen molar-refractivity contribution in [3.05, 3.63) is 47.6 Å². The fourth-order valence-corrected chi connectivity index (χ4v) is 2.31. The molecule has 0 amide bonds. The molecule has 0 aliphatic heterocycles. The predicted octanol–water partition coefficient (Wildman–Crippen LogP) is 2.53. The summed E-state index contributed by atoms with van der Waals surface area (Å²) in [6, 6.07) is 10.5. The summed E-state index contributed by atoms with van der Waals surface area (Å²) in [5.74, 6) is -0.984. The van der Waals surface area contributed by atoms with Gasteiger partial charge in [0.1, 0.15) is 11.3 Å². The van der Waals surface area contributed by atoms with Crippen molar-refractivity contribution < 1.29 is 19.7 Å². The second-order valence-corrected chi connectivity index (χ2v) is 5.70. The highest BCUT2D eigenvalue weighted by Gasteiger charge is 2.16. The number of fused-ring (bicyclic) bond motifs is 1. The third kappa shape index (κ3) is 4.54. The first-order valence-electron chi connectivity index (χ1n) is 7.32. The molecule has 0 aliphatic carbocycles. The highest BCUT2D eigenvalue weighted by Crippen LogP contribution is 2.35. The number of aromatic hydroxyl groups is 1. The first kappa shape index (κ1) is 18.4. The van der Waals surface area contributed by atoms with Crippen LogP contribution in [-0.4, -0.2) is 15.8 Å². The van der Waals surface area contributed by atoms with Gasteiger partial charge in [-0.05, 0) is 43.3 Å². The number of phenols is 1. The van der Waals surface area contributed by atoms with Gasteiger partial charge < -0.3 is 15.0 Å². The van der Waals surface area contributed by atoms with Crippen molar-refractivity contribution in [3.63, 3.8) is 0 Å². The molecule has 0 atom stereocenters. The number of hydrogen-bond donors (Lipinski definition) is 1. The molecule has 0 saturated heterocycles. The van der Waals surface area contributed by atoms with Gasteiger partial charge in [0.15, 0.2) is 12.7 Å². The summed E-state index contributed by atoms with van der Waals surface area (Å²) in [6.07, 6.45) is 1.97. The Labute approximate surface area is 149 Å². The molecule has 1 aromatic heterocycles. The van der Waals surface area contributed by atoms with Crippen LogP contribution in [0.5, 0.6) is 5.75 Å². The topological polar surface area (TPSA) is 93.9 Å². The van der Waals surface area contributed by atoms with Crippen molar-refractivity contribution >= 4 is 39.8 Å². The van der Waals surface area contributed by atoms with E-state index in [0.717, 1.165) is 17.8 Å². The predicted molar refractivity (Wildman–Crippen MR) is 92.1 cm³/mol. The average Bonchev–Trinajstić information content (AvgIpc) is 2.83. The van der Waals surface area contributed by atoms with Gasteiger partial charge in [-0.2, -0.15) is 9.80 Å². The van der Waals surface area contributed by atoms with Crippen molar-refractivity contribution in [2.75, 3.05) is 0 Å². The molecular formula is C17H17ClN4O3. The number of benzene rings is 2. The van der Waals surface area contributed by atoms with Gasteiger partial charge in [0.05, 0.1) is 18.1 Å². The average molecular weight is 361 g/mol. The number of carboxylic acids is 1. The molecule has 130 valence electrons. The first-order chi connectivity index (χ1) is 11.8. The zero-order valence-corrected chi connectivity index (χ0v) is 14.7. The quantitative estimate of drug-likeness (QED) is 0.562. The van der Waals surface area contributed by atoms with Crippen LogP contribution in [0.25, 0.3) is 10.9 Å². The van der Waals surface area contributed by atoms with E-state index in [1.165, 1.54) is 0 Å². The fraction of sp³-hybridized carbons (Fsp3) is 0.176. The van der Waals surface area contributed by atoms with Crippen molar-refractivity contribution in [2.24, 2.45) is 24.3 Å². The number of aliphatic carboxylic acids is 1. The van der Waals surface area contributed by atoms with Crippen molar-refractivity contribution in [2.45, 2.75) is 6.92 Å². The van der Waals surface area contributed by atoms with Crippen LogP contribution in [0.15, 0.2) is 52.8 Å². The summed E-state index contributed by atoms with van der Waals surface area (Å²) in [6.45, 7) is 0.972. The Morgan fingerprint density at radius 1 is 1.20 bits per heavy atom. The lowest BCUT2D eigenvalue weighted by atomic mass is 10.2. The van der Waals surface area contributed by atoms with Crippen LogP contribution < -0.4 is 9.79 Å². The standard InChI is InChI=1S/C15H13ClN4O.C2H4O2/c1-19-9-10-3-8-13(21)14(15(10)20(19)2)18-17-12-6-4-11(16)5-7-12;1-2(3)4/h3-9H,1-2H3;1H3,(H,3,4). The van der Waals surface area contributed by atoms with Gasteiger partial charge >= 0.3 is 0 Å². The molecule has 1 N–H and O–H groups in total. The van der Waals surface area contributed by atoms with Crippen molar-refractivity contribution in [3.8, 4) is 5.75 Å². The normalized spacial score (nSPS) is 10.7. The third-order valence-electron chi connectivity index (χ3n) is 3.38. The summed E-state index contributed by atoms with van der Waals surface area (Å²) in [4.78, 5) is 8.89. The van der Waals surface area contributed by atoms with E-state index < -0.39 is 5.97 Å². The van der Waals surface area contributed by atoms with E-state index in [4.69, 9.17) is 21.5 Å². The molecule has 7 nitrogen and oxygen atoms in total. The second kappa shape index (κ2) is 7.76. The third-order valence-corrected chi connectivity index (χ3v) is 3.63. The Kier molecular flexibility index (Phi) is 5.71. The Morgan fingerprint density at radius 2 is 1.80 bits per heavy atom. The largest absolute Gasteiger partial charge is 0.550 e. The minimum Gasteiger partial charge on any atom is -0.550 e. The molecule has 0 aliphatic rings. The van der Waals surface area contributed by atoms with Crippen LogP contribution in [0.1, 0.15) is 6.92 Å². The molecule has 0 fully saturated rings. The van der Waals surface area contributed by atoms with Crippen LogP contribution in [0.2, 0.25) is 5.02 Å². The molecule has 3 rings (SSSR count). The number of phenolic OH excluding ortho intramolecular Hbond substituents is 1. The number of carboxylic acid groups (broad SMARTS) is 1. The van der Waals surface area contributed by atoms with Crippen LogP contribution in [0, 0.1) is 0 Å². The molecule has 0 bridgehead atoms. The monoisotopic (exact) mass is 360 g/mol.